The molecule has 2 aromatic heterocycles. The molecule has 3 aromatic rings. The first-order valence-corrected chi connectivity index (χ1v) is 9.58. The van der Waals surface area contributed by atoms with E-state index in [-0.39, 0.29) is 0 Å². The highest BCUT2D eigenvalue weighted by atomic mass is 35.5. The van der Waals surface area contributed by atoms with E-state index in [0.717, 1.165) is 34.7 Å². The van der Waals surface area contributed by atoms with Crippen LogP contribution in [0, 0.1) is 19.8 Å². The fraction of sp³-hybridized carbons (Fsp3) is 0.429. The molecule has 0 radical (unpaired) electrons. The molecular weight excluding hydrogens is 360 g/mol. The van der Waals surface area contributed by atoms with Crippen molar-refractivity contribution in [2.45, 2.75) is 46.6 Å². The molecule has 144 valence electrons. The van der Waals surface area contributed by atoms with Gasteiger partial charge in [-0.05, 0) is 57.4 Å². The van der Waals surface area contributed by atoms with E-state index in [1.165, 1.54) is 0 Å². The van der Waals surface area contributed by atoms with Crippen molar-refractivity contribution < 1.29 is 4.74 Å². The molecule has 2 heterocycles. The average Bonchev–Trinajstić information content (AvgIpc) is 2.91. The van der Waals surface area contributed by atoms with Gasteiger partial charge in [-0.1, -0.05) is 25.4 Å². The van der Waals surface area contributed by atoms with Crippen molar-refractivity contribution in [2.75, 3.05) is 6.61 Å². The number of aromatic nitrogens is 3. The monoisotopic (exact) mass is 386 g/mol. The van der Waals surface area contributed by atoms with E-state index in [4.69, 9.17) is 22.1 Å². The van der Waals surface area contributed by atoms with Crippen LogP contribution in [0.2, 0.25) is 5.02 Å². The fourth-order valence-corrected chi connectivity index (χ4v) is 3.67. The largest absolute Gasteiger partial charge is 0.490 e. The Kier molecular flexibility index (Phi) is 5.45. The fourth-order valence-electron chi connectivity index (χ4n) is 3.43. The minimum absolute atomic E-state index is 0.392. The van der Waals surface area contributed by atoms with Crippen molar-refractivity contribution in [2.24, 2.45) is 11.7 Å². The zero-order valence-corrected chi connectivity index (χ0v) is 17.3. The summed E-state index contributed by atoms with van der Waals surface area (Å²) in [5.74, 6) is 1.15. The molecule has 6 heteroatoms. The molecule has 0 aliphatic heterocycles. The van der Waals surface area contributed by atoms with Gasteiger partial charge in [0.05, 0.1) is 16.4 Å². The smallest absolute Gasteiger partial charge is 0.156 e. The molecule has 2 N–H and O–H groups in total. The highest BCUT2D eigenvalue weighted by Gasteiger charge is 2.21. The van der Waals surface area contributed by atoms with Crippen LogP contribution in [0.5, 0.6) is 5.75 Å². The van der Waals surface area contributed by atoms with Crippen molar-refractivity contribution in [3.05, 3.63) is 46.7 Å². The van der Waals surface area contributed by atoms with Crippen LogP contribution < -0.4 is 10.5 Å². The van der Waals surface area contributed by atoms with Gasteiger partial charge in [0.15, 0.2) is 5.65 Å². The predicted octanol–water partition coefficient (Wildman–Crippen LogP) is 4.81. The summed E-state index contributed by atoms with van der Waals surface area (Å²) in [6, 6.07) is 9.75. The van der Waals surface area contributed by atoms with Crippen LogP contribution in [0.3, 0.4) is 0 Å². The third-order valence-electron chi connectivity index (χ3n) is 4.34. The summed E-state index contributed by atoms with van der Waals surface area (Å²) >= 11 is 6.50. The zero-order valence-electron chi connectivity index (χ0n) is 16.6. The molecule has 0 aliphatic rings. The zero-order chi connectivity index (χ0) is 19.8. The van der Waals surface area contributed by atoms with Crippen LogP contribution in [0.1, 0.15) is 38.6 Å². The third kappa shape index (κ3) is 4.60. The van der Waals surface area contributed by atoms with Gasteiger partial charge < -0.3 is 10.5 Å². The number of nitrogens with two attached hydrogens (primary N) is 1. The number of halogens is 1. The maximum atomic E-state index is 6.50. The van der Waals surface area contributed by atoms with Crippen molar-refractivity contribution in [3.63, 3.8) is 0 Å². The van der Waals surface area contributed by atoms with Gasteiger partial charge in [0.2, 0.25) is 0 Å². The Labute approximate surface area is 165 Å². The number of benzene rings is 1. The summed E-state index contributed by atoms with van der Waals surface area (Å²) < 4.78 is 7.76. The lowest BCUT2D eigenvalue weighted by molar-refractivity contribution is 0.207. The summed E-state index contributed by atoms with van der Waals surface area (Å²) in [6.07, 6.45) is 0.885. The van der Waals surface area contributed by atoms with Crippen LogP contribution in [-0.2, 0) is 0 Å². The minimum Gasteiger partial charge on any atom is -0.490 e. The van der Waals surface area contributed by atoms with Gasteiger partial charge in [-0.25, -0.2) is 9.50 Å². The summed E-state index contributed by atoms with van der Waals surface area (Å²) in [5, 5.41) is 5.10. The Morgan fingerprint density at radius 2 is 1.93 bits per heavy atom. The number of aryl methyl sites for hydroxylation is 2. The normalized spacial score (nSPS) is 13.9. The third-order valence-corrected chi connectivity index (χ3v) is 4.63. The molecule has 0 spiro atoms. The first kappa shape index (κ1) is 19.6. The molecule has 0 aliphatic carbocycles. The number of rotatable bonds is 6. The van der Waals surface area contributed by atoms with Crippen LogP contribution in [0.4, 0.5) is 0 Å². The molecule has 0 saturated carbocycles. The number of fused-ring (bicyclic) bond motifs is 1. The Bertz CT molecular complexity index is 962. The van der Waals surface area contributed by atoms with Crippen LogP contribution in [0.15, 0.2) is 30.3 Å². The number of ether oxygens (including phenoxy) is 1. The van der Waals surface area contributed by atoms with Crippen LogP contribution in [-0.4, -0.2) is 26.7 Å². The molecular formula is C21H27ClN4O. The summed E-state index contributed by atoms with van der Waals surface area (Å²) in [7, 11) is 0. The average molecular weight is 387 g/mol. The predicted molar refractivity (Wildman–Crippen MR) is 110 cm³/mol. The minimum atomic E-state index is -0.392. The summed E-state index contributed by atoms with van der Waals surface area (Å²) in [5.41, 5.74) is 10.5. The van der Waals surface area contributed by atoms with Gasteiger partial charge in [-0.15, -0.1) is 0 Å². The number of hydrogen-bond donors (Lipinski definition) is 1. The van der Waals surface area contributed by atoms with E-state index < -0.39 is 5.54 Å². The lowest BCUT2D eigenvalue weighted by Crippen LogP contribution is -2.43. The van der Waals surface area contributed by atoms with E-state index in [2.05, 4.69) is 23.9 Å². The number of nitrogens with zero attached hydrogens (tertiary/aromatic N) is 3. The Hall–Kier alpha value is -2.11. The Balaban J connectivity index is 1.87. The van der Waals surface area contributed by atoms with Gasteiger partial charge in [0, 0.05) is 22.9 Å². The van der Waals surface area contributed by atoms with Crippen molar-refractivity contribution in [1.29, 1.82) is 0 Å². The van der Waals surface area contributed by atoms with Crippen molar-refractivity contribution in [3.8, 4) is 17.0 Å². The summed E-state index contributed by atoms with van der Waals surface area (Å²) in [6.45, 7) is 10.7. The molecule has 0 amide bonds. The molecule has 27 heavy (non-hydrogen) atoms. The van der Waals surface area contributed by atoms with Gasteiger partial charge in [0.25, 0.3) is 0 Å². The molecule has 1 aromatic carbocycles. The van der Waals surface area contributed by atoms with E-state index in [9.17, 15) is 0 Å². The quantitative estimate of drug-likeness (QED) is 0.660. The Morgan fingerprint density at radius 3 is 2.59 bits per heavy atom. The molecule has 1 atom stereocenters. The molecule has 0 bridgehead atoms. The topological polar surface area (TPSA) is 65.4 Å². The van der Waals surface area contributed by atoms with E-state index in [1.807, 2.05) is 55.6 Å². The lowest BCUT2D eigenvalue weighted by Gasteiger charge is -2.26. The lowest BCUT2D eigenvalue weighted by atomic mass is 9.93. The Morgan fingerprint density at radius 1 is 1.19 bits per heavy atom. The standard InChI is InChI=1S/C21H27ClN4O/c1-13(2)11-21(5,23)12-27-19-7-6-16(10-17(19)22)18-8-14(3)24-20-9-15(4)25-26(18)20/h6-10,13H,11-12,23H2,1-5H3. The van der Waals surface area contributed by atoms with Gasteiger partial charge in [-0.3, -0.25) is 0 Å². The van der Waals surface area contributed by atoms with Crippen molar-refractivity contribution >= 4 is 17.2 Å². The van der Waals surface area contributed by atoms with Crippen molar-refractivity contribution in [1.82, 2.24) is 14.6 Å². The highest BCUT2D eigenvalue weighted by Crippen LogP contribution is 2.31. The molecule has 1 unspecified atom stereocenters. The number of hydrogen-bond acceptors (Lipinski definition) is 4. The van der Waals surface area contributed by atoms with Gasteiger partial charge >= 0.3 is 0 Å². The van der Waals surface area contributed by atoms with Crippen LogP contribution in [0.25, 0.3) is 16.9 Å². The van der Waals surface area contributed by atoms with Crippen LogP contribution >= 0.6 is 11.6 Å². The summed E-state index contributed by atoms with van der Waals surface area (Å²) in [4.78, 5) is 4.53. The second-order valence-electron chi connectivity index (χ2n) is 8.02. The second-order valence-corrected chi connectivity index (χ2v) is 8.43. The molecule has 0 fully saturated rings. The van der Waals surface area contributed by atoms with E-state index in [1.54, 1.807) is 0 Å². The van der Waals surface area contributed by atoms with E-state index >= 15 is 0 Å². The van der Waals surface area contributed by atoms with E-state index in [0.29, 0.717) is 23.3 Å². The molecule has 5 nitrogen and oxygen atoms in total. The molecule has 3 rings (SSSR count). The maximum absolute atomic E-state index is 6.50. The first-order chi connectivity index (χ1) is 12.6. The van der Waals surface area contributed by atoms with Gasteiger partial charge in [-0.2, -0.15) is 5.10 Å². The second kappa shape index (κ2) is 7.49. The highest BCUT2D eigenvalue weighted by molar-refractivity contribution is 6.32. The SMILES string of the molecule is Cc1cc(-c2ccc(OCC(C)(N)CC(C)C)c(Cl)c2)n2nc(C)cc2n1. The van der Waals surface area contributed by atoms with Gasteiger partial charge in [0.1, 0.15) is 12.4 Å². The maximum Gasteiger partial charge on any atom is 0.156 e. The molecule has 0 saturated heterocycles. The first-order valence-electron chi connectivity index (χ1n) is 9.20.